The van der Waals surface area contributed by atoms with Crippen molar-refractivity contribution in [3.05, 3.63) is 0 Å². The zero-order valence-electron chi connectivity index (χ0n) is 11.3. The quantitative estimate of drug-likeness (QED) is 0.820. The molecule has 1 heterocycles. The highest BCUT2D eigenvalue weighted by molar-refractivity contribution is 5.85. The topological polar surface area (TPSA) is 57.6 Å². The molecular weight excluding hydrogens is 230 g/mol. The largest absolute Gasteiger partial charge is 0.481 e. The lowest BCUT2D eigenvalue weighted by Gasteiger charge is -2.39. The van der Waals surface area contributed by atoms with Crippen LogP contribution in [0.3, 0.4) is 0 Å². The minimum atomic E-state index is -0.802. The van der Waals surface area contributed by atoms with E-state index in [9.17, 15) is 14.7 Å². The summed E-state index contributed by atoms with van der Waals surface area (Å²) in [5, 5.41) is 9.18. The van der Waals surface area contributed by atoms with Crippen molar-refractivity contribution >= 4 is 11.9 Å². The third-order valence-electron chi connectivity index (χ3n) is 4.81. The Balaban J connectivity index is 2.08. The summed E-state index contributed by atoms with van der Waals surface area (Å²) in [7, 11) is 0. The molecule has 0 aromatic heterocycles. The van der Waals surface area contributed by atoms with Gasteiger partial charge in [0.2, 0.25) is 5.91 Å². The Labute approximate surface area is 108 Å². The summed E-state index contributed by atoms with van der Waals surface area (Å²) >= 11 is 0. The van der Waals surface area contributed by atoms with Crippen molar-refractivity contribution in [3.8, 4) is 0 Å². The first kappa shape index (κ1) is 13.4. The highest BCUT2D eigenvalue weighted by Crippen LogP contribution is 2.35. The predicted octanol–water partition coefficient (Wildman–Crippen LogP) is 2.13. The zero-order chi connectivity index (χ0) is 13.3. The second-order valence-corrected chi connectivity index (χ2v) is 5.87. The van der Waals surface area contributed by atoms with Crippen LogP contribution in [0.4, 0.5) is 0 Å². The van der Waals surface area contributed by atoms with Crippen molar-refractivity contribution < 1.29 is 14.7 Å². The summed E-state index contributed by atoms with van der Waals surface area (Å²) in [4.78, 5) is 25.6. The molecule has 2 aliphatic rings. The average molecular weight is 253 g/mol. The number of nitrogens with zero attached hydrogens (tertiary/aromatic N) is 1. The number of carboxylic acid groups (broad SMARTS) is 1. The van der Waals surface area contributed by atoms with Gasteiger partial charge in [0, 0.05) is 12.6 Å². The molecule has 1 amide bonds. The molecule has 0 spiro atoms. The van der Waals surface area contributed by atoms with Gasteiger partial charge < -0.3 is 10.0 Å². The van der Waals surface area contributed by atoms with Gasteiger partial charge in [-0.15, -0.1) is 0 Å². The van der Waals surface area contributed by atoms with Gasteiger partial charge in [-0.2, -0.15) is 0 Å². The summed E-state index contributed by atoms with van der Waals surface area (Å²) < 4.78 is 0. The van der Waals surface area contributed by atoms with E-state index in [2.05, 4.69) is 13.8 Å². The molecule has 4 atom stereocenters. The van der Waals surface area contributed by atoms with Gasteiger partial charge in [-0.25, -0.2) is 0 Å². The molecule has 1 saturated carbocycles. The zero-order valence-corrected chi connectivity index (χ0v) is 11.3. The van der Waals surface area contributed by atoms with Crippen LogP contribution in [-0.2, 0) is 9.59 Å². The van der Waals surface area contributed by atoms with Crippen molar-refractivity contribution in [3.63, 3.8) is 0 Å². The van der Waals surface area contributed by atoms with Crippen LogP contribution in [0.5, 0.6) is 0 Å². The molecule has 4 heteroatoms. The Morgan fingerprint density at radius 2 is 1.72 bits per heavy atom. The third kappa shape index (κ3) is 2.38. The van der Waals surface area contributed by atoms with Crippen LogP contribution in [0.15, 0.2) is 0 Å². The number of carboxylic acids is 1. The Morgan fingerprint density at radius 1 is 1.06 bits per heavy atom. The molecule has 1 aliphatic carbocycles. The first-order valence-corrected chi connectivity index (χ1v) is 7.05. The number of piperidine rings is 1. The van der Waals surface area contributed by atoms with Gasteiger partial charge in [0.25, 0.3) is 0 Å². The normalized spacial score (nSPS) is 36.7. The number of hydrogen-bond donors (Lipinski definition) is 1. The minimum Gasteiger partial charge on any atom is -0.481 e. The first-order valence-electron chi connectivity index (χ1n) is 7.05. The lowest BCUT2D eigenvalue weighted by Crippen LogP contribution is -2.49. The lowest BCUT2D eigenvalue weighted by molar-refractivity contribution is -0.151. The van der Waals surface area contributed by atoms with Crippen LogP contribution in [0, 0.1) is 17.8 Å². The van der Waals surface area contributed by atoms with E-state index < -0.39 is 11.9 Å². The second kappa shape index (κ2) is 5.29. The minimum absolute atomic E-state index is 0.0824. The molecule has 4 nitrogen and oxygen atoms in total. The van der Waals surface area contributed by atoms with E-state index >= 15 is 0 Å². The molecule has 2 fully saturated rings. The van der Waals surface area contributed by atoms with E-state index in [4.69, 9.17) is 0 Å². The molecule has 102 valence electrons. The molecular formula is C14H23NO3. The van der Waals surface area contributed by atoms with Crippen molar-refractivity contribution in [1.29, 1.82) is 0 Å². The Kier molecular flexibility index (Phi) is 3.93. The molecule has 0 bridgehead atoms. The van der Waals surface area contributed by atoms with E-state index in [0.29, 0.717) is 12.3 Å². The highest BCUT2D eigenvalue weighted by Gasteiger charge is 2.41. The molecule has 1 aliphatic heterocycles. The van der Waals surface area contributed by atoms with E-state index in [1.165, 1.54) is 0 Å². The van der Waals surface area contributed by atoms with Crippen molar-refractivity contribution in [2.45, 2.75) is 52.0 Å². The van der Waals surface area contributed by atoms with E-state index in [1.807, 2.05) is 4.90 Å². The predicted molar refractivity (Wildman–Crippen MR) is 68.0 cm³/mol. The second-order valence-electron chi connectivity index (χ2n) is 5.87. The fraction of sp³-hybridized carbons (Fsp3) is 0.857. The maximum Gasteiger partial charge on any atom is 0.307 e. The number of amides is 1. The van der Waals surface area contributed by atoms with Crippen molar-refractivity contribution in [2.24, 2.45) is 17.8 Å². The molecule has 18 heavy (non-hydrogen) atoms. The van der Waals surface area contributed by atoms with Gasteiger partial charge in [0.05, 0.1) is 11.8 Å². The standard InChI is InChI=1S/C14H23NO3/c1-9-5-4-8-15(10(9)2)13(16)11-6-3-7-12(11)14(17)18/h9-12H,3-8H2,1-2H3,(H,17,18)/t9?,10?,11-,12+/m1/s1. The van der Waals surface area contributed by atoms with Crippen LogP contribution < -0.4 is 0 Å². The van der Waals surface area contributed by atoms with Gasteiger partial charge >= 0.3 is 5.97 Å². The first-order chi connectivity index (χ1) is 8.52. The maximum absolute atomic E-state index is 12.5. The number of rotatable bonds is 2. The maximum atomic E-state index is 12.5. The Morgan fingerprint density at radius 3 is 2.39 bits per heavy atom. The number of hydrogen-bond acceptors (Lipinski definition) is 2. The average Bonchev–Trinajstić information content (AvgIpc) is 2.81. The smallest absolute Gasteiger partial charge is 0.307 e. The monoisotopic (exact) mass is 253 g/mol. The van der Waals surface area contributed by atoms with Gasteiger partial charge in [0.1, 0.15) is 0 Å². The summed E-state index contributed by atoms with van der Waals surface area (Å²) in [5.41, 5.74) is 0. The van der Waals surface area contributed by atoms with E-state index in [0.717, 1.165) is 32.2 Å². The van der Waals surface area contributed by atoms with Crippen LogP contribution in [0.1, 0.15) is 46.0 Å². The van der Waals surface area contributed by atoms with Crippen LogP contribution in [0.25, 0.3) is 0 Å². The molecule has 1 saturated heterocycles. The van der Waals surface area contributed by atoms with Gasteiger partial charge in [0.15, 0.2) is 0 Å². The van der Waals surface area contributed by atoms with Crippen molar-refractivity contribution in [1.82, 2.24) is 4.90 Å². The van der Waals surface area contributed by atoms with Crippen molar-refractivity contribution in [2.75, 3.05) is 6.54 Å². The molecule has 0 aromatic rings. The highest BCUT2D eigenvalue weighted by atomic mass is 16.4. The molecule has 2 rings (SSSR count). The van der Waals surface area contributed by atoms with Gasteiger partial charge in [-0.05, 0) is 38.5 Å². The number of likely N-dealkylation sites (tertiary alicyclic amines) is 1. The fourth-order valence-electron chi connectivity index (χ4n) is 3.41. The van der Waals surface area contributed by atoms with Crippen LogP contribution in [0.2, 0.25) is 0 Å². The summed E-state index contributed by atoms with van der Waals surface area (Å²) in [5.74, 6) is -0.938. The molecule has 1 N–H and O–H groups in total. The van der Waals surface area contributed by atoms with E-state index in [1.54, 1.807) is 0 Å². The number of carbonyl (C=O) groups excluding carboxylic acids is 1. The third-order valence-corrected chi connectivity index (χ3v) is 4.81. The molecule has 0 aromatic carbocycles. The van der Waals surface area contributed by atoms with Crippen LogP contribution >= 0.6 is 0 Å². The van der Waals surface area contributed by atoms with Gasteiger partial charge in [-0.1, -0.05) is 13.3 Å². The SMILES string of the molecule is CC1CCCN(C(=O)[C@@H]2CCC[C@@H]2C(=O)O)C1C. The molecule has 2 unspecified atom stereocenters. The number of aliphatic carboxylic acids is 1. The number of carbonyl (C=O) groups is 2. The van der Waals surface area contributed by atoms with Crippen LogP contribution in [-0.4, -0.2) is 34.5 Å². The van der Waals surface area contributed by atoms with Gasteiger partial charge in [-0.3, -0.25) is 9.59 Å². The molecule has 0 radical (unpaired) electrons. The Hall–Kier alpha value is -1.06. The summed E-state index contributed by atoms with van der Waals surface area (Å²) in [6.07, 6.45) is 4.47. The lowest BCUT2D eigenvalue weighted by atomic mass is 9.88. The summed E-state index contributed by atoms with van der Waals surface area (Å²) in [6.45, 7) is 5.06. The Bertz CT molecular complexity index is 342. The fourth-order valence-corrected chi connectivity index (χ4v) is 3.41. The summed E-state index contributed by atoms with van der Waals surface area (Å²) in [6, 6.07) is 0.251. The van der Waals surface area contributed by atoms with E-state index in [-0.39, 0.29) is 17.9 Å².